The Morgan fingerprint density at radius 3 is 2.79 bits per heavy atom. The summed E-state index contributed by atoms with van der Waals surface area (Å²) in [5.74, 6) is -0.546. The Balaban J connectivity index is 2.15. The lowest BCUT2D eigenvalue weighted by Crippen LogP contribution is -2.22. The van der Waals surface area contributed by atoms with E-state index in [0.717, 1.165) is 12.0 Å². The molecule has 5 heteroatoms. The molecule has 0 spiro atoms. The first kappa shape index (κ1) is 13.7. The molecular weight excluding hydrogens is 248 g/mol. The minimum Gasteiger partial charge on any atom is -0.469 e. The number of hydrogen-bond donors (Lipinski definition) is 2. The summed E-state index contributed by atoms with van der Waals surface area (Å²) in [5, 5.41) is 19.7. The molecule has 2 N–H and O–H groups in total. The van der Waals surface area contributed by atoms with Crippen molar-refractivity contribution < 1.29 is 24.5 Å². The number of hydrogen-bond acceptors (Lipinski definition) is 5. The molecule has 0 aliphatic heterocycles. The van der Waals surface area contributed by atoms with Crippen LogP contribution in [-0.2, 0) is 16.0 Å². The summed E-state index contributed by atoms with van der Waals surface area (Å²) < 4.78 is 4.43. The van der Waals surface area contributed by atoms with Crippen molar-refractivity contribution in [2.24, 2.45) is 0 Å². The van der Waals surface area contributed by atoms with Gasteiger partial charge in [-0.15, -0.1) is 0 Å². The van der Waals surface area contributed by atoms with Gasteiger partial charge in [0.15, 0.2) is 5.78 Å². The van der Waals surface area contributed by atoms with Crippen molar-refractivity contribution in [2.45, 2.75) is 31.5 Å². The molecule has 0 amide bonds. The summed E-state index contributed by atoms with van der Waals surface area (Å²) >= 11 is 0. The summed E-state index contributed by atoms with van der Waals surface area (Å²) in [6, 6.07) is 5.04. The Morgan fingerprint density at radius 2 is 2.11 bits per heavy atom. The molecule has 5 nitrogen and oxygen atoms in total. The van der Waals surface area contributed by atoms with Gasteiger partial charge < -0.3 is 14.9 Å². The smallest absolute Gasteiger partial charge is 0.308 e. The van der Waals surface area contributed by atoms with Crippen LogP contribution >= 0.6 is 0 Å². The molecule has 1 aliphatic carbocycles. The van der Waals surface area contributed by atoms with Crippen molar-refractivity contribution in [1.29, 1.82) is 0 Å². The molecule has 19 heavy (non-hydrogen) atoms. The average molecular weight is 264 g/mol. The van der Waals surface area contributed by atoms with Gasteiger partial charge in [-0.2, -0.15) is 0 Å². The maximum absolute atomic E-state index is 11.6. The summed E-state index contributed by atoms with van der Waals surface area (Å²) in [6.07, 6.45) is -1.54. The van der Waals surface area contributed by atoms with Gasteiger partial charge in [0.2, 0.25) is 0 Å². The molecule has 2 rings (SSSR count). The second kappa shape index (κ2) is 5.50. The SMILES string of the molecule is COC(=O)CC(O)C(O)c1ccc2c(c1)C(=O)CC2. The Morgan fingerprint density at radius 1 is 1.37 bits per heavy atom. The van der Waals surface area contributed by atoms with Gasteiger partial charge in [0.25, 0.3) is 0 Å². The van der Waals surface area contributed by atoms with Gasteiger partial charge in [0.05, 0.1) is 19.6 Å². The Bertz CT molecular complexity index is 509. The van der Waals surface area contributed by atoms with Gasteiger partial charge in [0.1, 0.15) is 6.10 Å². The number of aryl methyl sites for hydroxylation is 1. The highest BCUT2D eigenvalue weighted by molar-refractivity contribution is 6.00. The minimum atomic E-state index is -1.25. The predicted octanol–water partition coefficient (Wildman–Crippen LogP) is 0.773. The van der Waals surface area contributed by atoms with Gasteiger partial charge in [-0.1, -0.05) is 12.1 Å². The van der Waals surface area contributed by atoms with Crippen LogP contribution in [0.3, 0.4) is 0 Å². The normalized spacial score (nSPS) is 16.9. The molecular formula is C14H16O5. The molecule has 0 saturated heterocycles. The van der Waals surface area contributed by atoms with E-state index in [1.165, 1.54) is 7.11 Å². The van der Waals surface area contributed by atoms with Crippen molar-refractivity contribution >= 4 is 11.8 Å². The van der Waals surface area contributed by atoms with Crippen LogP contribution in [0.5, 0.6) is 0 Å². The number of methoxy groups -OCH3 is 1. The number of esters is 1. The average Bonchev–Trinajstić information content (AvgIpc) is 2.78. The molecule has 0 heterocycles. The lowest BCUT2D eigenvalue weighted by Gasteiger charge is -2.17. The summed E-state index contributed by atoms with van der Waals surface area (Å²) in [6.45, 7) is 0. The molecule has 1 aliphatic rings. The van der Waals surface area contributed by atoms with Crippen LogP contribution in [0, 0.1) is 0 Å². The molecule has 1 aromatic carbocycles. The Labute approximate surface area is 110 Å². The zero-order valence-corrected chi connectivity index (χ0v) is 10.6. The topological polar surface area (TPSA) is 83.8 Å². The number of rotatable bonds is 4. The number of ketones is 1. The maximum atomic E-state index is 11.6. The van der Waals surface area contributed by atoms with Crippen molar-refractivity contribution in [3.05, 3.63) is 34.9 Å². The van der Waals surface area contributed by atoms with Gasteiger partial charge in [-0.25, -0.2) is 0 Å². The van der Waals surface area contributed by atoms with E-state index >= 15 is 0 Å². The van der Waals surface area contributed by atoms with Gasteiger partial charge in [-0.3, -0.25) is 9.59 Å². The Kier molecular flexibility index (Phi) is 3.97. The van der Waals surface area contributed by atoms with Gasteiger partial charge >= 0.3 is 5.97 Å². The third kappa shape index (κ3) is 2.83. The van der Waals surface area contributed by atoms with Crippen LogP contribution < -0.4 is 0 Å². The number of benzene rings is 1. The van der Waals surface area contributed by atoms with Crippen LogP contribution in [-0.4, -0.2) is 35.2 Å². The van der Waals surface area contributed by atoms with E-state index in [9.17, 15) is 19.8 Å². The fraction of sp³-hybridized carbons (Fsp3) is 0.429. The van der Waals surface area contributed by atoms with E-state index in [2.05, 4.69) is 4.74 Å². The lowest BCUT2D eigenvalue weighted by atomic mass is 9.98. The molecule has 2 unspecified atom stereocenters. The number of ether oxygens (including phenoxy) is 1. The first-order valence-electron chi connectivity index (χ1n) is 6.12. The quantitative estimate of drug-likeness (QED) is 0.785. The first-order valence-corrected chi connectivity index (χ1v) is 6.12. The van der Waals surface area contributed by atoms with Gasteiger partial charge in [-0.05, 0) is 23.6 Å². The van der Waals surface area contributed by atoms with Crippen LogP contribution in [0.4, 0.5) is 0 Å². The molecule has 2 atom stereocenters. The van der Waals surface area contributed by atoms with E-state index in [1.54, 1.807) is 18.2 Å². The van der Waals surface area contributed by atoms with Gasteiger partial charge in [0, 0.05) is 12.0 Å². The predicted molar refractivity (Wildman–Crippen MR) is 66.7 cm³/mol. The number of aliphatic hydroxyl groups excluding tert-OH is 2. The number of Topliss-reactive ketones (excluding diaryl/α,β-unsaturated/α-hetero) is 1. The van der Waals surface area contributed by atoms with Crippen LogP contribution in [0.15, 0.2) is 18.2 Å². The van der Waals surface area contributed by atoms with E-state index in [4.69, 9.17) is 0 Å². The summed E-state index contributed by atoms with van der Waals surface area (Å²) in [5.41, 5.74) is 2.00. The number of carbonyl (C=O) groups is 2. The zero-order valence-electron chi connectivity index (χ0n) is 10.6. The molecule has 0 fully saturated rings. The standard InChI is InChI=1S/C14H16O5/c1-19-13(17)7-12(16)14(18)9-3-2-8-4-5-11(15)10(8)6-9/h2-3,6,12,14,16,18H,4-5,7H2,1H3. The second-order valence-electron chi connectivity index (χ2n) is 4.63. The fourth-order valence-electron chi connectivity index (χ4n) is 2.23. The highest BCUT2D eigenvalue weighted by atomic mass is 16.5. The highest BCUT2D eigenvalue weighted by Crippen LogP contribution is 2.27. The number of carbonyl (C=O) groups excluding carboxylic acids is 2. The Hall–Kier alpha value is -1.72. The molecule has 0 bridgehead atoms. The van der Waals surface area contributed by atoms with E-state index < -0.39 is 18.2 Å². The van der Waals surface area contributed by atoms with Crippen LogP contribution in [0.25, 0.3) is 0 Å². The second-order valence-corrected chi connectivity index (χ2v) is 4.63. The minimum absolute atomic E-state index is 0.0477. The monoisotopic (exact) mass is 264 g/mol. The summed E-state index contributed by atoms with van der Waals surface area (Å²) in [4.78, 5) is 22.7. The third-order valence-electron chi connectivity index (χ3n) is 3.37. The molecule has 102 valence electrons. The van der Waals surface area contributed by atoms with Crippen LogP contribution in [0.1, 0.15) is 40.4 Å². The van der Waals surface area contributed by atoms with Crippen molar-refractivity contribution in [1.82, 2.24) is 0 Å². The largest absolute Gasteiger partial charge is 0.469 e. The molecule has 1 aromatic rings. The van der Waals surface area contributed by atoms with Crippen LogP contribution in [0.2, 0.25) is 0 Å². The van der Waals surface area contributed by atoms with Crippen molar-refractivity contribution in [2.75, 3.05) is 7.11 Å². The zero-order chi connectivity index (χ0) is 14.0. The first-order chi connectivity index (χ1) is 9.02. The molecule has 0 saturated carbocycles. The fourth-order valence-corrected chi connectivity index (χ4v) is 2.23. The van der Waals surface area contributed by atoms with E-state index in [-0.39, 0.29) is 12.2 Å². The molecule has 0 radical (unpaired) electrons. The van der Waals surface area contributed by atoms with Crippen molar-refractivity contribution in [3.8, 4) is 0 Å². The van der Waals surface area contributed by atoms with Crippen molar-refractivity contribution in [3.63, 3.8) is 0 Å². The lowest BCUT2D eigenvalue weighted by molar-refractivity contribution is -0.144. The van der Waals surface area contributed by atoms with E-state index in [1.807, 2.05) is 0 Å². The number of aliphatic hydroxyl groups is 2. The number of fused-ring (bicyclic) bond motifs is 1. The maximum Gasteiger partial charge on any atom is 0.308 e. The molecule has 0 aromatic heterocycles. The highest BCUT2D eigenvalue weighted by Gasteiger charge is 2.25. The van der Waals surface area contributed by atoms with E-state index in [0.29, 0.717) is 17.5 Å². The third-order valence-corrected chi connectivity index (χ3v) is 3.37. The summed E-state index contributed by atoms with van der Waals surface area (Å²) in [7, 11) is 1.22.